The maximum atomic E-state index is 14.6. The molecule has 3 aromatic rings. The van der Waals surface area contributed by atoms with Gasteiger partial charge in [-0.05, 0) is 51.5 Å². The van der Waals surface area contributed by atoms with Gasteiger partial charge in [-0.3, -0.25) is 9.36 Å². The Morgan fingerprint density at radius 2 is 1.83 bits per heavy atom. The predicted octanol–water partition coefficient (Wildman–Crippen LogP) is 4.50. The fourth-order valence-electron chi connectivity index (χ4n) is 3.05. The van der Waals surface area contributed by atoms with Crippen molar-refractivity contribution in [3.63, 3.8) is 0 Å². The zero-order valence-electron chi connectivity index (χ0n) is 16.9. The third kappa shape index (κ3) is 4.45. The Balaban J connectivity index is 2.19. The normalized spacial score (nSPS) is 12.6. The lowest BCUT2D eigenvalue weighted by Gasteiger charge is -2.24. The van der Waals surface area contributed by atoms with Crippen molar-refractivity contribution in [2.24, 2.45) is 0 Å². The van der Waals surface area contributed by atoms with Crippen LogP contribution in [0, 0.1) is 5.82 Å². The molecule has 1 N–H and O–H groups in total. The zero-order valence-corrected chi connectivity index (χ0v) is 16.9. The molecule has 1 heterocycles. The lowest BCUT2D eigenvalue weighted by molar-refractivity contribution is 0.0499. The van der Waals surface area contributed by atoms with Crippen molar-refractivity contribution in [1.82, 2.24) is 14.9 Å². The number of alkyl carbamates (subject to hydrolysis) is 1. The molecule has 3 rings (SSSR count). The Labute approximate surface area is 168 Å². The maximum absolute atomic E-state index is 14.6. The molecule has 0 saturated heterocycles. The first-order valence-electron chi connectivity index (χ1n) is 9.47. The van der Waals surface area contributed by atoms with Crippen molar-refractivity contribution in [2.45, 2.75) is 45.8 Å². The lowest BCUT2D eigenvalue weighted by atomic mass is 10.1. The van der Waals surface area contributed by atoms with Gasteiger partial charge < -0.3 is 10.1 Å². The summed E-state index contributed by atoms with van der Waals surface area (Å²) in [5.41, 5.74) is -0.524. The van der Waals surface area contributed by atoms with Crippen LogP contribution in [0.15, 0.2) is 53.3 Å². The number of para-hydroxylation sites is 2. The Morgan fingerprint density at radius 1 is 1.17 bits per heavy atom. The number of ether oxygens (including phenoxy) is 1. The molecule has 6 nitrogen and oxygen atoms in total. The third-order valence-electron chi connectivity index (χ3n) is 4.31. The second-order valence-electron chi connectivity index (χ2n) is 7.69. The summed E-state index contributed by atoms with van der Waals surface area (Å²) < 4.78 is 21.2. The number of hydrogen-bond acceptors (Lipinski definition) is 4. The molecule has 1 amide bonds. The number of aromatic nitrogens is 2. The molecule has 0 saturated carbocycles. The summed E-state index contributed by atoms with van der Waals surface area (Å²) in [5, 5.41) is 3.12. The molecule has 152 valence electrons. The summed E-state index contributed by atoms with van der Waals surface area (Å²) in [6.45, 7) is 7.13. The summed E-state index contributed by atoms with van der Waals surface area (Å²) in [7, 11) is 0. The highest BCUT2D eigenvalue weighted by Gasteiger charge is 2.25. The van der Waals surface area contributed by atoms with E-state index in [-0.39, 0.29) is 11.5 Å². The van der Waals surface area contributed by atoms with E-state index in [0.717, 1.165) is 0 Å². The second-order valence-corrected chi connectivity index (χ2v) is 7.69. The second kappa shape index (κ2) is 8.03. The fraction of sp³-hybridized carbons (Fsp3) is 0.318. The summed E-state index contributed by atoms with van der Waals surface area (Å²) in [6, 6.07) is 12.2. The lowest BCUT2D eigenvalue weighted by Crippen LogP contribution is -2.38. The molecule has 0 spiro atoms. The Bertz CT molecular complexity index is 1100. The molecule has 0 unspecified atom stereocenters. The Morgan fingerprint density at radius 3 is 2.48 bits per heavy atom. The van der Waals surface area contributed by atoms with E-state index in [0.29, 0.717) is 17.3 Å². The largest absolute Gasteiger partial charge is 0.444 e. The van der Waals surface area contributed by atoms with Crippen molar-refractivity contribution < 1.29 is 13.9 Å². The van der Waals surface area contributed by atoms with Crippen LogP contribution in [-0.2, 0) is 4.74 Å². The molecule has 29 heavy (non-hydrogen) atoms. The first-order valence-corrected chi connectivity index (χ1v) is 9.47. The van der Waals surface area contributed by atoms with Crippen LogP contribution in [0.5, 0.6) is 0 Å². The molecule has 1 atom stereocenters. The van der Waals surface area contributed by atoms with E-state index < -0.39 is 29.1 Å². The van der Waals surface area contributed by atoms with E-state index >= 15 is 0 Å². The minimum Gasteiger partial charge on any atom is -0.444 e. The van der Waals surface area contributed by atoms with Crippen LogP contribution in [0.4, 0.5) is 9.18 Å². The van der Waals surface area contributed by atoms with Gasteiger partial charge in [0.25, 0.3) is 5.56 Å². The highest BCUT2D eigenvalue weighted by atomic mass is 19.1. The number of nitrogens with zero attached hydrogens (tertiary/aromatic N) is 2. The molecular weight excluding hydrogens is 373 g/mol. The quantitative estimate of drug-likeness (QED) is 0.703. The standard InChI is InChI=1S/C22H24FN3O3/c1-5-16(25-21(28)29-22(2,3)4)19-24-17-12-8-6-10-14(17)20(27)26(19)18-13-9-7-11-15(18)23/h6-13,16H,5H2,1-4H3,(H,25,28)/t16-/m0/s1. The molecular formula is C22H24FN3O3. The molecule has 1 aromatic heterocycles. The van der Waals surface area contributed by atoms with Crippen LogP contribution in [0.2, 0.25) is 0 Å². The molecule has 0 aliphatic carbocycles. The number of amides is 1. The highest BCUT2D eigenvalue weighted by molar-refractivity contribution is 5.78. The molecule has 0 aliphatic rings. The monoisotopic (exact) mass is 397 g/mol. The Hall–Kier alpha value is -3.22. The van der Waals surface area contributed by atoms with E-state index in [4.69, 9.17) is 4.74 Å². The van der Waals surface area contributed by atoms with Gasteiger partial charge in [-0.2, -0.15) is 0 Å². The van der Waals surface area contributed by atoms with Gasteiger partial charge in [0.05, 0.1) is 22.6 Å². The first kappa shape index (κ1) is 20.5. The van der Waals surface area contributed by atoms with Crippen molar-refractivity contribution in [3.8, 4) is 5.69 Å². The Kier molecular flexibility index (Phi) is 5.68. The van der Waals surface area contributed by atoms with Gasteiger partial charge in [-0.1, -0.05) is 31.2 Å². The van der Waals surface area contributed by atoms with Crippen LogP contribution >= 0.6 is 0 Å². The molecule has 2 aromatic carbocycles. The van der Waals surface area contributed by atoms with Gasteiger partial charge in [0, 0.05) is 0 Å². The van der Waals surface area contributed by atoms with Gasteiger partial charge in [-0.25, -0.2) is 14.2 Å². The number of carbonyl (C=O) groups excluding carboxylic acids is 1. The maximum Gasteiger partial charge on any atom is 0.408 e. The molecule has 0 aliphatic heterocycles. The van der Waals surface area contributed by atoms with Crippen LogP contribution in [0.3, 0.4) is 0 Å². The number of hydrogen-bond donors (Lipinski definition) is 1. The van der Waals surface area contributed by atoms with Crippen LogP contribution in [-0.4, -0.2) is 21.2 Å². The van der Waals surface area contributed by atoms with E-state index in [1.165, 1.54) is 16.7 Å². The third-order valence-corrected chi connectivity index (χ3v) is 4.31. The molecule has 7 heteroatoms. The number of benzene rings is 2. The number of nitrogens with one attached hydrogen (secondary N) is 1. The van der Waals surface area contributed by atoms with E-state index in [1.54, 1.807) is 57.2 Å². The van der Waals surface area contributed by atoms with Crippen molar-refractivity contribution in [1.29, 1.82) is 0 Å². The predicted molar refractivity (Wildman–Crippen MR) is 110 cm³/mol. The minimum atomic E-state index is -0.676. The topological polar surface area (TPSA) is 73.2 Å². The van der Waals surface area contributed by atoms with Crippen molar-refractivity contribution >= 4 is 17.0 Å². The summed E-state index contributed by atoms with van der Waals surface area (Å²) >= 11 is 0. The van der Waals surface area contributed by atoms with E-state index in [9.17, 15) is 14.0 Å². The van der Waals surface area contributed by atoms with Gasteiger partial charge in [0.1, 0.15) is 17.2 Å². The molecule has 0 radical (unpaired) electrons. The van der Waals surface area contributed by atoms with Gasteiger partial charge in [0.15, 0.2) is 0 Å². The zero-order chi connectivity index (χ0) is 21.2. The number of fused-ring (bicyclic) bond motifs is 1. The van der Waals surface area contributed by atoms with Gasteiger partial charge in [0.2, 0.25) is 0 Å². The summed E-state index contributed by atoms with van der Waals surface area (Å²) in [5.74, 6) is -0.313. The smallest absolute Gasteiger partial charge is 0.408 e. The summed E-state index contributed by atoms with van der Waals surface area (Å²) in [4.78, 5) is 30.2. The van der Waals surface area contributed by atoms with Crippen LogP contribution in [0.25, 0.3) is 16.6 Å². The van der Waals surface area contributed by atoms with Crippen LogP contribution < -0.4 is 10.9 Å². The van der Waals surface area contributed by atoms with Crippen molar-refractivity contribution in [2.75, 3.05) is 0 Å². The van der Waals surface area contributed by atoms with Gasteiger partial charge in [-0.15, -0.1) is 0 Å². The average Bonchev–Trinajstić information content (AvgIpc) is 2.65. The van der Waals surface area contributed by atoms with E-state index in [2.05, 4.69) is 10.3 Å². The van der Waals surface area contributed by atoms with Crippen LogP contribution in [0.1, 0.15) is 46.0 Å². The number of halogens is 1. The number of rotatable bonds is 4. The first-order chi connectivity index (χ1) is 13.7. The number of carbonyl (C=O) groups is 1. The van der Waals surface area contributed by atoms with E-state index in [1.807, 2.05) is 6.92 Å². The van der Waals surface area contributed by atoms with Crippen molar-refractivity contribution in [3.05, 3.63) is 70.5 Å². The van der Waals surface area contributed by atoms with Gasteiger partial charge >= 0.3 is 6.09 Å². The fourth-order valence-corrected chi connectivity index (χ4v) is 3.05. The summed E-state index contributed by atoms with van der Waals surface area (Å²) in [6.07, 6.45) is -0.204. The highest BCUT2D eigenvalue weighted by Crippen LogP contribution is 2.22. The molecule has 0 bridgehead atoms. The minimum absolute atomic E-state index is 0.0789. The average molecular weight is 397 g/mol. The molecule has 0 fully saturated rings. The SMILES string of the molecule is CC[C@H](NC(=O)OC(C)(C)C)c1nc2ccccc2c(=O)n1-c1ccccc1F.